The molecule has 76 valence electrons. The van der Waals surface area contributed by atoms with Crippen LogP contribution in [0, 0.1) is 5.92 Å². The number of rotatable bonds is 2. The Morgan fingerprint density at radius 3 is 2.86 bits per heavy atom. The molecule has 2 rings (SSSR count). The van der Waals surface area contributed by atoms with E-state index in [4.69, 9.17) is 0 Å². The Labute approximate surface area is 83.5 Å². The third-order valence-corrected chi connectivity index (χ3v) is 2.87. The predicted octanol–water partition coefficient (Wildman–Crippen LogP) is 0.917. The number of aromatic amines is 1. The number of hydrogen-bond donors (Lipinski definition) is 2. The molecule has 1 aromatic heterocycles. The Morgan fingerprint density at radius 2 is 2.14 bits per heavy atom. The van der Waals surface area contributed by atoms with Gasteiger partial charge in [0.1, 0.15) is 0 Å². The third-order valence-electron chi connectivity index (χ3n) is 2.87. The van der Waals surface area contributed by atoms with Crippen molar-refractivity contribution in [3.8, 4) is 0 Å². The fraction of sp³-hybridized carbons (Fsp3) is 0.545. The summed E-state index contributed by atoms with van der Waals surface area (Å²) in [5, 5.41) is 3.33. The Kier molecular flexibility index (Phi) is 2.99. The summed E-state index contributed by atoms with van der Waals surface area (Å²) in [5.74, 6) is 0.680. The van der Waals surface area contributed by atoms with Gasteiger partial charge in [0, 0.05) is 11.8 Å². The molecule has 0 amide bonds. The minimum Gasteiger partial charge on any atom is -0.329 e. The second-order valence-electron chi connectivity index (χ2n) is 3.92. The molecular weight excluding hydrogens is 176 g/mol. The molecule has 2 N–H and O–H groups in total. The quantitative estimate of drug-likeness (QED) is 0.731. The molecule has 0 bridgehead atoms. The molecule has 0 saturated carbocycles. The van der Waals surface area contributed by atoms with Crippen LogP contribution in [-0.4, -0.2) is 18.1 Å². The van der Waals surface area contributed by atoms with E-state index in [0.29, 0.717) is 5.92 Å². The molecule has 0 atom stereocenters. The summed E-state index contributed by atoms with van der Waals surface area (Å²) in [6, 6.07) is 3.83. The molecule has 0 radical (unpaired) electrons. The number of H-pyrrole nitrogens is 1. The third kappa shape index (κ3) is 2.23. The van der Waals surface area contributed by atoms with Crippen LogP contribution in [0.3, 0.4) is 0 Å². The van der Waals surface area contributed by atoms with Crippen molar-refractivity contribution >= 4 is 0 Å². The van der Waals surface area contributed by atoms with Crippen molar-refractivity contribution in [3.05, 3.63) is 34.2 Å². The molecule has 0 unspecified atom stereocenters. The molecule has 1 saturated heterocycles. The van der Waals surface area contributed by atoms with E-state index in [0.717, 1.165) is 25.1 Å². The van der Waals surface area contributed by atoms with Gasteiger partial charge in [-0.05, 0) is 44.3 Å². The monoisotopic (exact) mass is 192 g/mol. The highest BCUT2D eigenvalue weighted by Gasteiger charge is 2.14. The van der Waals surface area contributed by atoms with E-state index in [1.54, 1.807) is 6.20 Å². The van der Waals surface area contributed by atoms with Crippen LogP contribution >= 0.6 is 0 Å². The highest BCUT2D eigenvalue weighted by atomic mass is 16.1. The lowest BCUT2D eigenvalue weighted by molar-refractivity contribution is 0.372. The summed E-state index contributed by atoms with van der Waals surface area (Å²) in [7, 11) is 0. The molecule has 1 fully saturated rings. The van der Waals surface area contributed by atoms with Gasteiger partial charge in [-0.1, -0.05) is 6.07 Å². The highest BCUT2D eigenvalue weighted by Crippen LogP contribution is 2.15. The van der Waals surface area contributed by atoms with Gasteiger partial charge in [-0.2, -0.15) is 0 Å². The molecule has 2 heterocycles. The van der Waals surface area contributed by atoms with Gasteiger partial charge in [0.25, 0.3) is 5.56 Å². The molecule has 3 nitrogen and oxygen atoms in total. The maximum absolute atomic E-state index is 11.4. The number of aromatic nitrogens is 1. The van der Waals surface area contributed by atoms with Crippen molar-refractivity contribution < 1.29 is 0 Å². The lowest BCUT2D eigenvalue weighted by Gasteiger charge is -2.22. The van der Waals surface area contributed by atoms with Crippen LogP contribution in [0.25, 0.3) is 0 Å². The molecule has 0 spiro atoms. The number of piperidine rings is 1. The van der Waals surface area contributed by atoms with Crippen molar-refractivity contribution in [1.82, 2.24) is 10.3 Å². The first kappa shape index (κ1) is 9.46. The largest absolute Gasteiger partial charge is 0.329 e. The first-order valence-electron chi connectivity index (χ1n) is 5.23. The zero-order valence-corrected chi connectivity index (χ0v) is 8.25. The molecule has 0 aromatic carbocycles. The predicted molar refractivity (Wildman–Crippen MR) is 56.4 cm³/mol. The molecule has 14 heavy (non-hydrogen) atoms. The van der Waals surface area contributed by atoms with Crippen molar-refractivity contribution in [3.63, 3.8) is 0 Å². The fourth-order valence-electron chi connectivity index (χ4n) is 2.01. The van der Waals surface area contributed by atoms with E-state index >= 15 is 0 Å². The van der Waals surface area contributed by atoms with Crippen LogP contribution in [0.1, 0.15) is 18.4 Å². The minimum absolute atomic E-state index is 0.0750. The second kappa shape index (κ2) is 4.42. The van der Waals surface area contributed by atoms with Crippen LogP contribution in [-0.2, 0) is 6.42 Å². The van der Waals surface area contributed by atoms with Gasteiger partial charge in [0.05, 0.1) is 0 Å². The van der Waals surface area contributed by atoms with Crippen LogP contribution in [0.2, 0.25) is 0 Å². The second-order valence-corrected chi connectivity index (χ2v) is 3.92. The van der Waals surface area contributed by atoms with E-state index in [2.05, 4.69) is 10.3 Å². The van der Waals surface area contributed by atoms with Crippen LogP contribution in [0.5, 0.6) is 0 Å². The Morgan fingerprint density at radius 1 is 1.36 bits per heavy atom. The van der Waals surface area contributed by atoms with E-state index < -0.39 is 0 Å². The first-order chi connectivity index (χ1) is 6.86. The number of nitrogens with one attached hydrogen (secondary N) is 2. The zero-order valence-electron chi connectivity index (χ0n) is 8.25. The molecule has 1 aromatic rings. The summed E-state index contributed by atoms with van der Waals surface area (Å²) in [5.41, 5.74) is 1.01. The van der Waals surface area contributed by atoms with Gasteiger partial charge in [-0.3, -0.25) is 4.79 Å². The normalized spacial score (nSPS) is 18.3. The van der Waals surface area contributed by atoms with E-state index in [1.165, 1.54) is 12.8 Å². The standard InChI is InChI=1S/C11H16N2O/c14-11-10(2-1-5-13-11)8-9-3-6-12-7-4-9/h1-2,5,9,12H,3-4,6-8H2,(H,13,14). The summed E-state index contributed by atoms with van der Waals surface area (Å²) in [4.78, 5) is 14.1. The van der Waals surface area contributed by atoms with Gasteiger partial charge >= 0.3 is 0 Å². The van der Waals surface area contributed by atoms with Crippen LogP contribution in [0.4, 0.5) is 0 Å². The molecule has 1 aliphatic heterocycles. The summed E-state index contributed by atoms with van der Waals surface area (Å²) >= 11 is 0. The summed E-state index contributed by atoms with van der Waals surface area (Å²) < 4.78 is 0. The average Bonchev–Trinajstić information content (AvgIpc) is 2.23. The highest BCUT2D eigenvalue weighted by molar-refractivity contribution is 5.09. The lowest BCUT2D eigenvalue weighted by atomic mass is 9.91. The topological polar surface area (TPSA) is 44.9 Å². The minimum atomic E-state index is 0.0750. The smallest absolute Gasteiger partial charge is 0.251 e. The SMILES string of the molecule is O=c1[nH]cccc1CC1CCNCC1. The van der Waals surface area contributed by atoms with Gasteiger partial charge < -0.3 is 10.3 Å². The van der Waals surface area contributed by atoms with E-state index in [1.807, 2.05) is 12.1 Å². The molecule has 1 aliphatic rings. The molecule has 0 aliphatic carbocycles. The zero-order chi connectivity index (χ0) is 9.80. The Hall–Kier alpha value is -1.09. The fourth-order valence-corrected chi connectivity index (χ4v) is 2.01. The van der Waals surface area contributed by atoms with Crippen LogP contribution < -0.4 is 10.9 Å². The summed E-state index contributed by atoms with van der Waals surface area (Å²) in [6.45, 7) is 2.19. The van der Waals surface area contributed by atoms with Gasteiger partial charge in [0.15, 0.2) is 0 Å². The van der Waals surface area contributed by atoms with E-state index in [9.17, 15) is 4.79 Å². The average molecular weight is 192 g/mol. The van der Waals surface area contributed by atoms with E-state index in [-0.39, 0.29) is 5.56 Å². The maximum atomic E-state index is 11.4. The van der Waals surface area contributed by atoms with Crippen molar-refractivity contribution in [2.45, 2.75) is 19.3 Å². The summed E-state index contributed by atoms with van der Waals surface area (Å²) in [6.07, 6.45) is 4.99. The van der Waals surface area contributed by atoms with Crippen molar-refractivity contribution in [1.29, 1.82) is 0 Å². The first-order valence-corrected chi connectivity index (χ1v) is 5.23. The van der Waals surface area contributed by atoms with Crippen LogP contribution in [0.15, 0.2) is 23.1 Å². The maximum Gasteiger partial charge on any atom is 0.251 e. The van der Waals surface area contributed by atoms with Crippen molar-refractivity contribution in [2.24, 2.45) is 5.92 Å². The Balaban J connectivity index is 2.03. The van der Waals surface area contributed by atoms with Gasteiger partial charge in [-0.15, -0.1) is 0 Å². The molecule has 3 heteroatoms. The number of hydrogen-bond acceptors (Lipinski definition) is 2. The lowest BCUT2D eigenvalue weighted by Crippen LogP contribution is -2.29. The van der Waals surface area contributed by atoms with Gasteiger partial charge in [0.2, 0.25) is 0 Å². The van der Waals surface area contributed by atoms with Gasteiger partial charge in [-0.25, -0.2) is 0 Å². The Bertz CT molecular complexity index is 339. The number of pyridine rings is 1. The molecular formula is C11H16N2O. The van der Waals surface area contributed by atoms with Crippen molar-refractivity contribution in [2.75, 3.05) is 13.1 Å².